The van der Waals surface area contributed by atoms with Gasteiger partial charge in [0.15, 0.2) is 6.61 Å². The van der Waals surface area contributed by atoms with E-state index in [1.54, 1.807) is 24.1 Å². The molecule has 2 rings (SSSR count). The van der Waals surface area contributed by atoms with Gasteiger partial charge in [-0.3, -0.25) is 19.0 Å². The van der Waals surface area contributed by atoms with Crippen LogP contribution in [0.25, 0.3) is 0 Å². The monoisotopic (exact) mass is 385 g/mol. The summed E-state index contributed by atoms with van der Waals surface area (Å²) in [6.07, 6.45) is 0.884. The molecule has 2 heterocycles. The van der Waals surface area contributed by atoms with Gasteiger partial charge in [0, 0.05) is 30.2 Å². The minimum absolute atomic E-state index is 0.0754. The number of amides is 2. The standard InChI is InChI=1S/C16H23N3O6S/c1-3-24-15(22)18-6-4-12(5-7-18)17-13(20)9-25-14(21)8-19-11(2)10-26-16(19)23/h10,12H,3-9H2,1-2H3,(H,17,20). The molecule has 26 heavy (non-hydrogen) atoms. The second-order valence-electron chi connectivity index (χ2n) is 5.92. The van der Waals surface area contributed by atoms with Crippen molar-refractivity contribution in [3.8, 4) is 0 Å². The zero-order valence-electron chi connectivity index (χ0n) is 14.9. The van der Waals surface area contributed by atoms with Gasteiger partial charge in [-0.15, -0.1) is 0 Å². The number of hydrogen-bond donors (Lipinski definition) is 1. The van der Waals surface area contributed by atoms with E-state index in [1.807, 2.05) is 0 Å². The van der Waals surface area contributed by atoms with E-state index in [4.69, 9.17) is 9.47 Å². The van der Waals surface area contributed by atoms with Crippen LogP contribution < -0.4 is 10.2 Å². The molecular weight excluding hydrogens is 362 g/mol. The van der Waals surface area contributed by atoms with Crippen LogP contribution in [0.1, 0.15) is 25.5 Å². The van der Waals surface area contributed by atoms with Gasteiger partial charge in [-0.25, -0.2) is 4.79 Å². The number of esters is 1. The largest absolute Gasteiger partial charge is 0.454 e. The van der Waals surface area contributed by atoms with Crippen LogP contribution in [-0.4, -0.2) is 59.8 Å². The van der Waals surface area contributed by atoms with Gasteiger partial charge in [-0.1, -0.05) is 11.3 Å². The molecule has 0 spiro atoms. The molecule has 1 aliphatic heterocycles. The molecule has 0 radical (unpaired) electrons. The molecule has 1 fully saturated rings. The first-order valence-corrected chi connectivity index (χ1v) is 9.30. The van der Waals surface area contributed by atoms with Crippen LogP contribution in [0.4, 0.5) is 4.79 Å². The molecule has 0 atom stereocenters. The number of thiazole rings is 1. The summed E-state index contributed by atoms with van der Waals surface area (Å²) in [5.41, 5.74) is 0.676. The first-order valence-electron chi connectivity index (χ1n) is 8.42. The fourth-order valence-electron chi connectivity index (χ4n) is 2.61. The van der Waals surface area contributed by atoms with Crippen LogP contribution in [0.2, 0.25) is 0 Å². The number of carbonyl (C=O) groups is 3. The van der Waals surface area contributed by atoms with Gasteiger partial charge in [0.2, 0.25) is 0 Å². The van der Waals surface area contributed by atoms with Crippen molar-refractivity contribution in [2.24, 2.45) is 0 Å². The normalized spacial score (nSPS) is 14.8. The maximum atomic E-state index is 11.9. The van der Waals surface area contributed by atoms with E-state index < -0.39 is 18.5 Å². The fourth-order valence-corrected chi connectivity index (χ4v) is 3.34. The van der Waals surface area contributed by atoms with Crippen LogP contribution in [0, 0.1) is 6.92 Å². The summed E-state index contributed by atoms with van der Waals surface area (Å²) < 4.78 is 11.2. The Balaban J connectivity index is 1.69. The van der Waals surface area contributed by atoms with E-state index in [-0.39, 0.29) is 23.6 Å². The quantitative estimate of drug-likeness (QED) is 0.715. The fraction of sp³-hybridized carbons (Fsp3) is 0.625. The van der Waals surface area contributed by atoms with Crippen molar-refractivity contribution < 1.29 is 23.9 Å². The Morgan fingerprint density at radius 1 is 1.27 bits per heavy atom. The number of aryl methyl sites for hydroxylation is 1. The maximum Gasteiger partial charge on any atom is 0.409 e. The minimum Gasteiger partial charge on any atom is -0.454 e. The van der Waals surface area contributed by atoms with Crippen molar-refractivity contribution >= 4 is 29.3 Å². The van der Waals surface area contributed by atoms with E-state index in [0.717, 1.165) is 11.3 Å². The highest BCUT2D eigenvalue weighted by Crippen LogP contribution is 2.11. The molecule has 0 aromatic carbocycles. The number of hydrogen-bond acceptors (Lipinski definition) is 7. The number of likely N-dealkylation sites (tertiary alicyclic amines) is 1. The molecule has 1 aliphatic rings. The summed E-state index contributed by atoms with van der Waals surface area (Å²) in [5.74, 6) is -1.04. The van der Waals surface area contributed by atoms with E-state index in [9.17, 15) is 19.2 Å². The Morgan fingerprint density at radius 2 is 1.96 bits per heavy atom. The van der Waals surface area contributed by atoms with Crippen LogP contribution in [0.3, 0.4) is 0 Å². The highest BCUT2D eigenvalue weighted by molar-refractivity contribution is 7.07. The third-order valence-electron chi connectivity index (χ3n) is 4.01. The van der Waals surface area contributed by atoms with Gasteiger partial charge < -0.3 is 19.7 Å². The summed E-state index contributed by atoms with van der Waals surface area (Å²) in [5, 5.41) is 4.44. The number of piperidine rings is 1. The van der Waals surface area contributed by atoms with Gasteiger partial charge in [0.25, 0.3) is 5.91 Å². The van der Waals surface area contributed by atoms with Crippen LogP contribution >= 0.6 is 11.3 Å². The molecule has 1 aromatic rings. The molecule has 1 N–H and O–H groups in total. The Labute approximate surface area is 154 Å². The van der Waals surface area contributed by atoms with E-state index in [2.05, 4.69) is 5.32 Å². The second kappa shape index (κ2) is 9.37. The van der Waals surface area contributed by atoms with Gasteiger partial charge in [-0.2, -0.15) is 0 Å². The smallest absolute Gasteiger partial charge is 0.409 e. The molecule has 10 heteroatoms. The Morgan fingerprint density at radius 3 is 2.54 bits per heavy atom. The molecule has 144 valence electrons. The van der Waals surface area contributed by atoms with Crippen molar-refractivity contribution in [3.05, 3.63) is 20.7 Å². The number of carbonyl (C=O) groups excluding carboxylic acids is 3. The lowest BCUT2D eigenvalue weighted by Gasteiger charge is -2.31. The predicted molar refractivity (Wildman–Crippen MR) is 94.0 cm³/mol. The number of nitrogens with one attached hydrogen (secondary N) is 1. The molecule has 0 unspecified atom stereocenters. The molecule has 0 saturated carbocycles. The summed E-state index contributed by atoms with van der Waals surface area (Å²) in [6, 6.07) is -0.0754. The molecule has 9 nitrogen and oxygen atoms in total. The van der Waals surface area contributed by atoms with Crippen LogP contribution in [0.5, 0.6) is 0 Å². The lowest BCUT2D eigenvalue weighted by molar-refractivity contribution is -0.149. The van der Waals surface area contributed by atoms with Gasteiger partial charge in [0.1, 0.15) is 6.54 Å². The summed E-state index contributed by atoms with van der Waals surface area (Å²) in [6.45, 7) is 4.21. The Hall–Kier alpha value is -2.36. The minimum atomic E-state index is -0.638. The van der Waals surface area contributed by atoms with E-state index >= 15 is 0 Å². The van der Waals surface area contributed by atoms with Crippen molar-refractivity contribution in [2.75, 3.05) is 26.3 Å². The number of aromatic nitrogens is 1. The van der Waals surface area contributed by atoms with Crippen molar-refractivity contribution in [3.63, 3.8) is 0 Å². The first-order chi connectivity index (χ1) is 12.4. The summed E-state index contributed by atoms with van der Waals surface area (Å²) in [7, 11) is 0. The molecule has 2 amide bonds. The molecule has 1 saturated heterocycles. The third kappa shape index (κ3) is 5.58. The molecule has 0 bridgehead atoms. The van der Waals surface area contributed by atoms with Gasteiger partial charge >= 0.3 is 16.9 Å². The highest BCUT2D eigenvalue weighted by Gasteiger charge is 2.24. The predicted octanol–water partition coefficient (Wildman–Crippen LogP) is 0.499. The highest BCUT2D eigenvalue weighted by atomic mass is 32.1. The average molecular weight is 385 g/mol. The SMILES string of the molecule is CCOC(=O)N1CCC(NC(=O)COC(=O)Cn2c(C)csc2=O)CC1. The van der Waals surface area contributed by atoms with Crippen molar-refractivity contribution in [1.82, 2.24) is 14.8 Å². The van der Waals surface area contributed by atoms with Gasteiger partial charge in [0.05, 0.1) is 6.61 Å². The Kier molecular flexibility index (Phi) is 7.19. The number of nitrogens with zero attached hydrogens (tertiary/aromatic N) is 2. The average Bonchev–Trinajstić information content (AvgIpc) is 2.93. The van der Waals surface area contributed by atoms with Crippen LogP contribution in [-0.2, 0) is 25.6 Å². The number of rotatable bonds is 6. The number of ether oxygens (including phenoxy) is 2. The first kappa shape index (κ1) is 20.0. The molecular formula is C16H23N3O6S. The molecule has 0 aliphatic carbocycles. The zero-order valence-corrected chi connectivity index (χ0v) is 15.7. The maximum absolute atomic E-state index is 11.9. The summed E-state index contributed by atoms with van der Waals surface area (Å²) >= 11 is 1.01. The Bertz CT molecular complexity index is 705. The molecule has 1 aromatic heterocycles. The lowest BCUT2D eigenvalue weighted by atomic mass is 10.1. The second-order valence-corrected chi connectivity index (χ2v) is 6.74. The zero-order chi connectivity index (χ0) is 19.1. The topological polar surface area (TPSA) is 107 Å². The van der Waals surface area contributed by atoms with Crippen LogP contribution in [0.15, 0.2) is 10.2 Å². The van der Waals surface area contributed by atoms with E-state index in [1.165, 1.54) is 4.57 Å². The summed E-state index contributed by atoms with van der Waals surface area (Å²) in [4.78, 5) is 48.2. The van der Waals surface area contributed by atoms with Crippen molar-refractivity contribution in [1.29, 1.82) is 0 Å². The van der Waals surface area contributed by atoms with Gasteiger partial charge in [-0.05, 0) is 26.7 Å². The van der Waals surface area contributed by atoms with Crippen molar-refractivity contribution in [2.45, 2.75) is 39.3 Å². The van der Waals surface area contributed by atoms with E-state index in [0.29, 0.717) is 38.2 Å². The lowest BCUT2D eigenvalue weighted by Crippen LogP contribution is -2.47. The third-order valence-corrected chi connectivity index (χ3v) is 4.89.